The molecule has 1 heterocycles. The van der Waals surface area contributed by atoms with Gasteiger partial charge in [0.1, 0.15) is 11.9 Å². The fourth-order valence-electron chi connectivity index (χ4n) is 3.69. The number of amides is 2. The van der Waals surface area contributed by atoms with Crippen LogP contribution >= 0.6 is 11.8 Å². The number of anilines is 1. The van der Waals surface area contributed by atoms with Gasteiger partial charge in [0.2, 0.25) is 0 Å². The third-order valence-electron chi connectivity index (χ3n) is 5.49. The highest BCUT2D eigenvalue weighted by molar-refractivity contribution is 7.98. The number of para-hydroxylation sites is 1. The Kier molecular flexibility index (Phi) is 8.02. The van der Waals surface area contributed by atoms with Gasteiger partial charge >= 0.3 is 5.97 Å². The molecule has 3 aromatic carbocycles. The highest BCUT2D eigenvalue weighted by Crippen LogP contribution is 2.20. The molecule has 9 heteroatoms. The van der Waals surface area contributed by atoms with Gasteiger partial charge in [-0.25, -0.2) is 9.18 Å². The summed E-state index contributed by atoms with van der Waals surface area (Å²) in [5, 5.41) is 6.26. The minimum atomic E-state index is -1.07. The number of aromatic nitrogens is 1. The predicted molar refractivity (Wildman–Crippen MR) is 137 cm³/mol. The van der Waals surface area contributed by atoms with E-state index in [-0.39, 0.29) is 12.0 Å². The normalized spacial score (nSPS) is 11.6. The summed E-state index contributed by atoms with van der Waals surface area (Å²) in [6, 6.07) is 18.8. The number of carbonyl (C=O) groups is 3. The van der Waals surface area contributed by atoms with Crippen molar-refractivity contribution in [2.24, 2.45) is 0 Å². The number of H-pyrrole nitrogens is 1. The van der Waals surface area contributed by atoms with Gasteiger partial charge < -0.3 is 20.4 Å². The van der Waals surface area contributed by atoms with Crippen molar-refractivity contribution < 1.29 is 23.5 Å². The fourth-order valence-corrected chi connectivity index (χ4v) is 4.15. The van der Waals surface area contributed by atoms with E-state index >= 15 is 0 Å². The standard InChI is InChI=1S/C27H24FN3O4S/c1-36-21-6-4-5-20(14-21)30-25(32)16-35-27(34)24(31-26(33)17-9-11-19(28)12-10-17)13-18-15-29-23-8-3-2-7-22(18)23/h2-12,14-15,24,29H,13,16H2,1H3,(H,30,32)(H,31,33). The molecule has 1 atom stereocenters. The zero-order valence-electron chi connectivity index (χ0n) is 19.4. The molecule has 7 nitrogen and oxygen atoms in total. The molecule has 0 aliphatic heterocycles. The van der Waals surface area contributed by atoms with Crippen molar-refractivity contribution in [3.8, 4) is 0 Å². The van der Waals surface area contributed by atoms with E-state index < -0.39 is 36.2 Å². The van der Waals surface area contributed by atoms with E-state index in [0.29, 0.717) is 5.69 Å². The van der Waals surface area contributed by atoms with Crippen LogP contribution in [0.1, 0.15) is 15.9 Å². The maximum absolute atomic E-state index is 13.3. The molecule has 3 N–H and O–H groups in total. The summed E-state index contributed by atoms with van der Waals surface area (Å²) in [6.45, 7) is -0.515. The summed E-state index contributed by atoms with van der Waals surface area (Å²) in [5.41, 5.74) is 2.46. The monoisotopic (exact) mass is 505 g/mol. The molecule has 4 rings (SSSR count). The number of rotatable bonds is 9. The fraction of sp³-hybridized carbons (Fsp3) is 0.148. The topological polar surface area (TPSA) is 100 Å². The minimum Gasteiger partial charge on any atom is -0.454 e. The van der Waals surface area contributed by atoms with E-state index in [9.17, 15) is 18.8 Å². The molecule has 0 spiro atoms. The molecule has 4 aromatic rings. The number of nitrogens with one attached hydrogen (secondary N) is 3. The molecule has 0 aliphatic rings. The maximum atomic E-state index is 13.3. The number of hydrogen-bond acceptors (Lipinski definition) is 5. The lowest BCUT2D eigenvalue weighted by Gasteiger charge is -2.18. The molecule has 1 unspecified atom stereocenters. The molecule has 0 saturated carbocycles. The second-order valence-corrected chi connectivity index (χ2v) is 8.86. The SMILES string of the molecule is CSc1cccc(NC(=O)COC(=O)C(Cc2c[nH]c3ccccc23)NC(=O)c2ccc(F)cc2)c1. The Morgan fingerprint density at radius 2 is 1.81 bits per heavy atom. The molecule has 184 valence electrons. The van der Waals surface area contributed by atoms with E-state index in [2.05, 4.69) is 15.6 Å². The Hall–Kier alpha value is -4.11. The molecule has 0 aliphatic carbocycles. The molecule has 0 saturated heterocycles. The second-order valence-electron chi connectivity index (χ2n) is 7.98. The number of esters is 1. The summed E-state index contributed by atoms with van der Waals surface area (Å²) in [7, 11) is 0. The van der Waals surface area contributed by atoms with E-state index in [0.717, 1.165) is 33.5 Å². The van der Waals surface area contributed by atoms with Gasteiger partial charge in [0.15, 0.2) is 6.61 Å². The van der Waals surface area contributed by atoms with Gasteiger partial charge in [0.25, 0.3) is 11.8 Å². The third kappa shape index (κ3) is 6.31. The van der Waals surface area contributed by atoms with Gasteiger partial charge in [-0.2, -0.15) is 0 Å². The van der Waals surface area contributed by atoms with Gasteiger partial charge in [-0.3, -0.25) is 9.59 Å². The number of hydrogen-bond donors (Lipinski definition) is 3. The molecular formula is C27H24FN3O4S. The third-order valence-corrected chi connectivity index (χ3v) is 6.22. The smallest absolute Gasteiger partial charge is 0.329 e. The number of fused-ring (bicyclic) bond motifs is 1. The van der Waals surface area contributed by atoms with Crippen LogP contribution < -0.4 is 10.6 Å². The Labute approximate surface area is 211 Å². The van der Waals surface area contributed by atoms with Crippen LogP contribution in [0.3, 0.4) is 0 Å². The summed E-state index contributed by atoms with van der Waals surface area (Å²) in [6.07, 6.45) is 3.82. The van der Waals surface area contributed by atoms with Crippen molar-refractivity contribution in [3.63, 3.8) is 0 Å². The first-order valence-electron chi connectivity index (χ1n) is 11.1. The largest absolute Gasteiger partial charge is 0.454 e. The molecule has 1 aromatic heterocycles. The first-order chi connectivity index (χ1) is 17.4. The molecule has 0 fully saturated rings. The van der Waals surface area contributed by atoms with Gasteiger partial charge in [-0.15, -0.1) is 11.8 Å². The van der Waals surface area contributed by atoms with Gasteiger partial charge in [-0.1, -0.05) is 24.3 Å². The average molecular weight is 506 g/mol. The summed E-state index contributed by atoms with van der Waals surface area (Å²) >= 11 is 1.54. The van der Waals surface area contributed by atoms with E-state index in [1.807, 2.05) is 48.7 Å². The Morgan fingerprint density at radius 3 is 2.58 bits per heavy atom. The number of ether oxygens (including phenoxy) is 1. The summed E-state index contributed by atoms with van der Waals surface area (Å²) < 4.78 is 18.5. The maximum Gasteiger partial charge on any atom is 0.329 e. The van der Waals surface area contributed by atoms with Crippen molar-refractivity contribution in [1.29, 1.82) is 0 Å². The summed E-state index contributed by atoms with van der Waals surface area (Å²) in [5.74, 6) is -2.30. The number of carbonyl (C=O) groups excluding carboxylic acids is 3. The lowest BCUT2D eigenvalue weighted by atomic mass is 10.0. The molecule has 0 bridgehead atoms. The first-order valence-corrected chi connectivity index (χ1v) is 12.4. The summed E-state index contributed by atoms with van der Waals surface area (Å²) in [4.78, 5) is 42.3. The Balaban J connectivity index is 1.46. The zero-order chi connectivity index (χ0) is 25.5. The first kappa shape index (κ1) is 25.0. The molecular weight excluding hydrogens is 481 g/mol. The van der Waals surface area contributed by atoms with Gasteiger partial charge in [-0.05, 0) is 60.4 Å². The second kappa shape index (κ2) is 11.5. The van der Waals surface area contributed by atoms with E-state index in [1.54, 1.807) is 12.3 Å². The van der Waals surface area contributed by atoms with Gasteiger partial charge in [0, 0.05) is 39.7 Å². The zero-order valence-corrected chi connectivity index (χ0v) is 20.2. The van der Waals surface area contributed by atoms with Crippen molar-refractivity contribution >= 4 is 46.1 Å². The predicted octanol–water partition coefficient (Wildman–Crippen LogP) is 4.55. The van der Waals surface area contributed by atoms with Crippen LogP contribution in [0, 0.1) is 5.82 Å². The number of aromatic amines is 1. The van der Waals surface area contributed by atoms with Crippen molar-refractivity contribution in [3.05, 3.63) is 95.9 Å². The van der Waals surface area contributed by atoms with E-state index in [4.69, 9.17) is 4.74 Å². The molecule has 2 amide bonds. The number of benzene rings is 3. The molecule has 0 radical (unpaired) electrons. The Bertz CT molecular complexity index is 1390. The van der Waals surface area contributed by atoms with Gasteiger partial charge in [0.05, 0.1) is 0 Å². The quantitative estimate of drug-likeness (QED) is 0.229. The molecule has 36 heavy (non-hydrogen) atoms. The highest BCUT2D eigenvalue weighted by atomic mass is 32.2. The van der Waals surface area contributed by atoms with E-state index in [1.165, 1.54) is 23.9 Å². The average Bonchev–Trinajstić information content (AvgIpc) is 3.30. The van der Waals surface area contributed by atoms with Crippen LogP contribution in [0.2, 0.25) is 0 Å². The van der Waals surface area contributed by atoms with Crippen molar-refractivity contribution in [1.82, 2.24) is 10.3 Å². The van der Waals surface area contributed by atoms with Crippen LogP contribution in [-0.2, 0) is 20.7 Å². The van der Waals surface area contributed by atoms with Crippen LogP contribution in [0.15, 0.2) is 83.9 Å². The lowest BCUT2D eigenvalue weighted by molar-refractivity contribution is -0.149. The van der Waals surface area contributed by atoms with Crippen LogP contribution in [0.25, 0.3) is 10.9 Å². The highest BCUT2D eigenvalue weighted by Gasteiger charge is 2.25. The number of thioether (sulfide) groups is 1. The number of halogens is 1. The van der Waals surface area contributed by atoms with Crippen molar-refractivity contribution in [2.45, 2.75) is 17.4 Å². The van der Waals surface area contributed by atoms with Crippen LogP contribution in [0.5, 0.6) is 0 Å². The van der Waals surface area contributed by atoms with Crippen LogP contribution in [0.4, 0.5) is 10.1 Å². The minimum absolute atomic E-state index is 0.132. The lowest BCUT2D eigenvalue weighted by Crippen LogP contribution is -2.44. The Morgan fingerprint density at radius 1 is 1.03 bits per heavy atom. The van der Waals surface area contributed by atoms with Crippen molar-refractivity contribution in [2.75, 3.05) is 18.2 Å². The van der Waals surface area contributed by atoms with Crippen LogP contribution in [-0.4, -0.2) is 41.7 Å².